The normalized spacial score (nSPS) is 24.5. The van der Waals surface area contributed by atoms with Crippen LogP contribution in [-0.2, 0) is 0 Å². The quantitative estimate of drug-likeness (QED) is 0.762. The highest BCUT2D eigenvalue weighted by molar-refractivity contribution is 5.97. The number of nitrogens with zero attached hydrogens (tertiary/aromatic N) is 1. The Kier molecular flexibility index (Phi) is 3.79. The molecule has 2 aliphatic rings. The summed E-state index contributed by atoms with van der Waals surface area (Å²) < 4.78 is 0. The first-order chi connectivity index (χ1) is 10.1. The van der Waals surface area contributed by atoms with Gasteiger partial charge in [-0.3, -0.25) is 4.79 Å². The van der Waals surface area contributed by atoms with Gasteiger partial charge in [0, 0.05) is 29.9 Å². The highest BCUT2D eigenvalue weighted by Crippen LogP contribution is 2.29. The first-order valence-corrected chi connectivity index (χ1v) is 7.35. The van der Waals surface area contributed by atoms with Gasteiger partial charge in [-0.15, -0.1) is 0 Å². The standard InChI is InChI=1S/C15H20N4O2/c16-15(21)18-11-3-1-2-10(8-11)14(20)19-12-4-5-13(19)9-17-7-6-12/h1-3,8,12-13,17H,4-7,9H2,(H3,16,18,21). The van der Waals surface area contributed by atoms with Gasteiger partial charge < -0.3 is 21.3 Å². The first-order valence-electron chi connectivity index (χ1n) is 7.35. The van der Waals surface area contributed by atoms with Gasteiger partial charge in [-0.05, 0) is 44.0 Å². The fourth-order valence-electron chi connectivity index (χ4n) is 3.34. The van der Waals surface area contributed by atoms with E-state index in [-0.39, 0.29) is 11.9 Å². The van der Waals surface area contributed by atoms with Gasteiger partial charge in [-0.2, -0.15) is 0 Å². The van der Waals surface area contributed by atoms with Crippen molar-refractivity contribution in [2.45, 2.75) is 31.3 Å². The van der Waals surface area contributed by atoms with E-state index in [2.05, 4.69) is 10.6 Å². The number of primary amides is 1. The van der Waals surface area contributed by atoms with Crippen molar-refractivity contribution in [2.75, 3.05) is 18.4 Å². The molecule has 21 heavy (non-hydrogen) atoms. The molecule has 112 valence electrons. The summed E-state index contributed by atoms with van der Waals surface area (Å²) >= 11 is 0. The van der Waals surface area contributed by atoms with Crippen LogP contribution >= 0.6 is 0 Å². The van der Waals surface area contributed by atoms with Crippen LogP contribution in [0.3, 0.4) is 0 Å². The number of benzene rings is 1. The lowest BCUT2D eigenvalue weighted by molar-refractivity contribution is 0.0680. The number of urea groups is 1. The van der Waals surface area contributed by atoms with E-state index in [4.69, 9.17) is 5.73 Å². The van der Waals surface area contributed by atoms with Crippen molar-refractivity contribution in [3.63, 3.8) is 0 Å². The van der Waals surface area contributed by atoms with Gasteiger partial charge in [0.2, 0.25) is 0 Å². The SMILES string of the molecule is NC(=O)Nc1cccc(C(=O)N2C3CCNCC2CC3)c1. The van der Waals surface area contributed by atoms with Crippen molar-refractivity contribution in [2.24, 2.45) is 5.73 Å². The van der Waals surface area contributed by atoms with Crippen molar-refractivity contribution in [1.82, 2.24) is 10.2 Å². The summed E-state index contributed by atoms with van der Waals surface area (Å²) in [4.78, 5) is 25.7. The predicted octanol–water partition coefficient (Wildman–Crippen LogP) is 1.14. The van der Waals surface area contributed by atoms with Crippen molar-refractivity contribution >= 4 is 17.6 Å². The monoisotopic (exact) mass is 288 g/mol. The van der Waals surface area contributed by atoms with E-state index in [0.29, 0.717) is 17.3 Å². The molecule has 0 spiro atoms. The van der Waals surface area contributed by atoms with Crippen LogP contribution in [0.2, 0.25) is 0 Å². The fourth-order valence-corrected chi connectivity index (χ4v) is 3.34. The average Bonchev–Trinajstić information content (AvgIpc) is 2.71. The molecule has 2 atom stereocenters. The van der Waals surface area contributed by atoms with E-state index in [1.165, 1.54) is 0 Å². The number of hydrogen-bond acceptors (Lipinski definition) is 3. The summed E-state index contributed by atoms with van der Waals surface area (Å²) in [6.45, 7) is 1.83. The Labute approximate surface area is 123 Å². The van der Waals surface area contributed by atoms with Crippen molar-refractivity contribution in [3.8, 4) is 0 Å². The maximum absolute atomic E-state index is 12.8. The lowest BCUT2D eigenvalue weighted by Gasteiger charge is -2.28. The molecular formula is C15H20N4O2. The summed E-state index contributed by atoms with van der Waals surface area (Å²) in [6, 6.07) is 6.93. The Balaban J connectivity index is 1.83. The summed E-state index contributed by atoms with van der Waals surface area (Å²) in [5.41, 5.74) is 6.26. The summed E-state index contributed by atoms with van der Waals surface area (Å²) in [7, 11) is 0. The molecule has 2 unspecified atom stereocenters. The minimum Gasteiger partial charge on any atom is -0.351 e. The van der Waals surface area contributed by atoms with Crippen LogP contribution in [0.15, 0.2) is 24.3 Å². The fraction of sp³-hybridized carbons (Fsp3) is 0.467. The first kappa shape index (κ1) is 13.9. The van der Waals surface area contributed by atoms with Crippen molar-refractivity contribution < 1.29 is 9.59 Å². The van der Waals surface area contributed by atoms with Crippen LogP contribution in [0, 0.1) is 0 Å². The summed E-state index contributed by atoms with van der Waals surface area (Å²) in [5, 5.41) is 5.89. The molecule has 2 saturated heterocycles. The maximum Gasteiger partial charge on any atom is 0.316 e. The largest absolute Gasteiger partial charge is 0.351 e. The van der Waals surface area contributed by atoms with Crippen LogP contribution in [0.1, 0.15) is 29.6 Å². The average molecular weight is 288 g/mol. The number of anilines is 1. The minimum absolute atomic E-state index is 0.0410. The summed E-state index contributed by atoms with van der Waals surface area (Å²) in [5.74, 6) is 0.0410. The Hall–Kier alpha value is -2.08. The van der Waals surface area contributed by atoms with Crippen LogP contribution in [0.4, 0.5) is 10.5 Å². The molecule has 1 aromatic rings. The number of hydrogen-bond donors (Lipinski definition) is 3. The molecular weight excluding hydrogens is 268 g/mol. The Morgan fingerprint density at radius 2 is 2.05 bits per heavy atom. The molecule has 0 radical (unpaired) electrons. The van der Waals surface area contributed by atoms with Crippen molar-refractivity contribution in [3.05, 3.63) is 29.8 Å². The highest BCUT2D eigenvalue weighted by atomic mass is 16.2. The Bertz CT molecular complexity index is 546. The van der Waals surface area contributed by atoms with E-state index in [1.54, 1.807) is 24.3 Å². The van der Waals surface area contributed by atoms with Crippen molar-refractivity contribution in [1.29, 1.82) is 0 Å². The number of carbonyl (C=O) groups excluding carboxylic acids is 2. The molecule has 2 fully saturated rings. The third-order valence-electron chi connectivity index (χ3n) is 4.27. The van der Waals surface area contributed by atoms with E-state index in [1.807, 2.05) is 4.90 Å². The van der Waals surface area contributed by atoms with Crippen LogP contribution in [0.5, 0.6) is 0 Å². The summed E-state index contributed by atoms with van der Waals surface area (Å²) in [6.07, 6.45) is 3.14. The van der Waals surface area contributed by atoms with E-state index in [0.717, 1.165) is 32.4 Å². The van der Waals surface area contributed by atoms with Gasteiger partial charge in [0.25, 0.3) is 5.91 Å². The highest BCUT2D eigenvalue weighted by Gasteiger charge is 2.38. The Morgan fingerprint density at radius 3 is 2.86 bits per heavy atom. The van der Waals surface area contributed by atoms with Crippen LogP contribution < -0.4 is 16.4 Å². The number of rotatable bonds is 2. The zero-order valence-electron chi connectivity index (χ0n) is 11.8. The van der Waals surface area contributed by atoms with E-state index < -0.39 is 6.03 Å². The van der Waals surface area contributed by atoms with Gasteiger partial charge in [0.05, 0.1) is 0 Å². The van der Waals surface area contributed by atoms with E-state index >= 15 is 0 Å². The van der Waals surface area contributed by atoms with Gasteiger partial charge in [-0.1, -0.05) is 6.07 Å². The number of fused-ring (bicyclic) bond motifs is 2. The molecule has 0 aliphatic carbocycles. The van der Waals surface area contributed by atoms with Gasteiger partial charge in [-0.25, -0.2) is 4.79 Å². The topological polar surface area (TPSA) is 87.5 Å². The molecule has 6 heteroatoms. The third-order valence-corrected chi connectivity index (χ3v) is 4.27. The number of nitrogens with two attached hydrogens (primary N) is 1. The van der Waals surface area contributed by atoms with Gasteiger partial charge >= 0.3 is 6.03 Å². The minimum atomic E-state index is -0.626. The van der Waals surface area contributed by atoms with Crippen LogP contribution in [-0.4, -0.2) is 42.0 Å². The zero-order chi connectivity index (χ0) is 14.8. The Morgan fingerprint density at radius 1 is 1.24 bits per heavy atom. The molecule has 2 heterocycles. The predicted molar refractivity (Wildman–Crippen MR) is 80.1 cm³/mol. The van der Waals surface area contributed by atoms with Crippen LogP contribution in [0.25, 0.3) is 0 Å². The number of carbonyl (C=O) groups is 2. The molecule has 0 saturated carbocycles. The molecule has 2 aliphatic heterocycles. The van der Waals surface area contributed by atoms with Gasteiger partial charge in [0.1, 0.15) is 0 Å². The maximum atomic E-state index is 12.8. The number of amides is 3. The molecule has 2 bridgehead atoms. The molecule has 3 amide bonds. The second kappa shape index (κ2) is 5.73. The lowest BCUT2D eigenvalue weighted by Crippen LogP contribution is -2.42. The molecule has 0 aromatic heterocycles. The molecule has 3 rings (SSSR count). The smallest absolute Gasteiger partial charge is 0.316 e. The zero-order valence-corrected chi connectivity index (χ0v) is 11.8. The third kappa shape index (κ3) is 2.85. The second-order valence-electron chi connectivity index (χ2n) is 5.66. The molecule has 4 N–H and O–H groups in total. The number of nitrogens with one attached hydrogen (secondary N) is 2. The lowest BCUT2D eigenvalue weighted by atomic mass is 10.1. The second-order valence-corrected chi connectivity index (χ2v) is 5.66. The van der Waals surface area contributed by atoms with Gasteiger partial charge in [0.15, 0.2) is 0 Å². The molecule has 1 aromatic carbocycles. The van der Waals surface area contributed by atoms with E-state index in [9.17, 15) is 9.59 Å². The molecule has 6 nitrogen and oxygen atoms in total.